The molecule has 2 fully saturated rings. The molecule has 1 aliphatic heterocycles. The van der Waals surface area contributed by atoms with Crippen LogP contribution in [0.5, 0.6) is 0 Å². The lowest BCUT2D eigenvalue weighted by atomic mass is 9.58. The summed E-state index contributed by atoms with van der Waals surface area (Å²) in [7, 11) is 0. The number of aliphatic hydroxyl groups is 1. The standard InChI is InChI=1S/C9H17NO.ClH/c11-7-8-5-9(6-8)1-3-10-4-2-9;/h8,10-11H,1-7H2;1H. The number of halogens is 1. The summed E-state index contributed by atoms with van der Waals surface area (Å²) in [5.41, 5.74) is 0.651. The quantitative estimate of drug-likeness (QED) is 0.653. The van der Waals surface area contributed by atoms with E-state index in [0.717, 1.165) is 0 Å². The zero-order valence-electron chi connectivity index (χ0n) is 7.38. The van der Waals surface area contributed by atoms with Crippen LogP contribution in [-0.2, 0) is 0 Å². The number of rotatable bonds is 1. The van der Waals surface area contributed by atoms with Gasteiger partial charge in [-0.25, -0.2) is 0 Å². The normalized spacial score (nSPS) is 27.8. The number of aliphatic hydroxyl groups excluding tert-OH is 1. The first-order chi connectivity index (χ1) is 5.35. The average Bonchev–Trinajstić information content (AvgIpc) is 2.01. The molecule has 12 heavy (non-hydrogen) atoms. The van der Waals surface area contributed by atoms with Crippen molar-refractivity contribution < 1.29 is 5.11 Å². The predicted molar refractivity (Wildman–Crippen MR) is 51.6 cm³/mol. The summed E-state index contributed by atoms with van der Waals surface area (Å²) in [5.74, 6) is 0.632. The van der Waals surface area contributed by atoms with E-state index >= 15 is 0 Å². The summed E-state index contributed by atoms with van der Waals surface area (Å²) in [6, 6.07) is 0. The van der Waals surface area contributed by atoms with E-state index in [2.05, 4.69) is 5.32 Å². The molecule has 1 spiro atoms. The minimum atomic E-state index is 0. The monoisotopic (exact) mass is 191 g/mol. The lowest BCUT2D eigenvalue weighted by molar-refractivity contribution is -0.00761. The molecule has 1 aliphatic carbocycles. The first-order valence-electron chi connectivity index (χ1n) is 4.66. The molecule has 0 aromatic carbocycles. The van der Waals surface area contributed by atoms with Gasteiger partial charge in [-0.05, 0) is 50.1 Å². The average molecular weight is 192 g/mol. The molecule has 1 heterocycles. The van der Waals surface area contributed by atoms with Gasteiger partial charge in [-0.15, -0.1) is 12.4 Å². The highest BCUT2D eigenvalue weighted by Crippen LogP contribution is 2.51. The Bertz CT molecular complexity index is 137. The van der Waals surface area contributed by atoms with Crippen LogP contribution in [0.1, 0.15) is 25.7 Å². The van der Waals surface area contributed by atoms with E-state index in [4.69, 9.17) is 5.11 Å². The molecule has 0 bridgehead atoms. The number of hydrogen-bond acceptors (Lipinski definition) is 2. The molecule has 0 aromatic heterocycles. The van der Waals surface area contributed by atoms with Crippen molar-refractivity contribution in [3.8, 4) is 0 Å². The molecule has 0 unspecified atom stereocenters. The summed E-state index contributed by atoms with van der Waals surface area (Å²) >= 11 is 0. The molecule has 2 nitrogen and oxygen atoms in total. The smallest absolute Gasteiger partial charge is 0.0459 e. The molecule has 3 heteroatoms. The van der Waals surface area contributed by atoms with Crippen molar-refractivity contribution in [2.24, 2.45) is 11.3 Å². The molecular weight excluding hydrogens is 174 g/mol. The number of piperidine rings is 1. The largest absolute Gasteiger partial charge is 0.396 e. The van der Waals surface area contributed by atoms with Crippen molar-refractivity contribution in [3.05, 3.63) is 0 Å². The summed E-state index contributed by atoms with van der Waals surface area (Å²) < 4.78 is 0. The van der Waals surface area contributed by atoms with Crippen molar-refractivity contribution in [2.45, 2.75) is 25.7 Å². The second-order valence-corrected chi connectivity index (χ2v) is 4.21. The molecule has 2 aliphatic rings. The number of hydrogen-bond donors (Lipinski definition) is 2. The molecule has 0 radical (unpaired) electrons. The van der Waals surface area contributed by atoms with Gasteiger partial charge >= 0.3 is 0 Å². The lowest BCUT2D eigenvalue weighted by Crippen LogP contribution is -2.46. The summed E-state index contributed by atoms with van der Waals surface area (Å²) in [6.45, 7) is 2.80. The fourth-order valence-electron chi connectivity index (χ4n) is 2.66. The fourth-order valence-corrected chi connectivity index (χ4v) is 2.66. The van der Waals surface area contributed by atoms with Gasteiger partial charge in [0.2, 0.25) is 0 Å². The first-order valence-corrected chi connectivity index (χ1v) is 4.66. The minimum absolute atomic E-state index is 0. The first kappa shape index (κ1) is 10.3. The van der Waals surface area contributed by atoms with Crippen molar-refractivity contribution >= 4 is 12.4 Å². The van der Waals surface area contributed by atoms with Crippen molar-refractivity contribution in [2.75, 3.05) is 19.7 Å². The molecule has 1 saturated carbocycles. The van der Waals surface area contributed by atoms with Gasteiger partial charge in [0.1, 0.15) is 0 Å². The zero-order valence-corrected chi connectivity index (χ0v) is 8.20. The predicted octanol–water partition coefficient (Wildman–Crippen LogP) is 1.18. The van der Waals surface area contributed by atoms with E-state index in [-0.39, 0.29) is 12.4 Å². The van der Waals surface area contributed by atoms with Crippen molar-refractivity contribution in [1.82, 2.24) is 5.32 Å². The lowest BCUT2D eigenvalue weighted by Gasteiger charge is -2.50. The van der Waals surface area contributed by atoms with E-state index < -0.39 is 0 Å². The highest BCUT2D eigenvalue weighted by molar-refractivity contribution is 5.85. The van der Waals surface area contributed by atoms with Gasteiger partial charge < -0.3 is 10.4 Å². The Hall–Kier alpha value is 0.210. The van der Waals surface area contributed by atoms with E-state index in [0.29, 0.717) is 17.9 Å². The Morgan fingerprint density at radius 2 is 1.83 bits per heavy atom. The van der Waals surface area contributed by atoms with Gasteiger partial charge in [-0.2, -0.15) is 0 Å². The topological polar surface area (TPSA) is 32.3 Å². The Kier molecular flexibility index (Phi) is 3.38. The summed E-state index contributed by atoms with van der Waals surface area (Å²) in [4.78, 5) is 0. The van der Waals surface area contributed by atoms with Crippen LogP contribution >= 0.6 is 12.4 Å². The molecule has 0 amide bonds. The van der Waals surface area contributed by atoms with Gasteiger partial charge in [-0.1, -0.05) is 0 Å². The van der Waals surface area contributed by atoms with E-state index in [1.807, 2.05) is 0 Å². The highest BCUT2D eigenvalue weighted by atomic mass is 35.5. The molecule has 1 saturated heterocycles. The molecule has 2 N–H and O–H groups in total. The van der Waals surface area contributed by atoms with E-state index in [1.54, 1.807) is 0 Å². The van der Waals surface area contributed by atoms with Gasteiger partial charge in [0.15, 0.2) is 0 Å². The second-order valence-electron chi connectivity index (χ2n) is 4.21. The van der Waals surface area contributed by atoms with Gasteiger partial charge in [-0.3, -0.25) is 0 Å². The summed E-state index contributed by atoms with van der Waals surface area (Å²) in [6.07, 6.45) is 5.24. The van der Waals surface area contributed by atoms with Gasteiger partial charge in [0, 0.05) is 6.61 Å². The Labute approximate surface area is 80.1 Å². The van der Waals surface area contributed by atoms with Crippen LogP contribution in [0.4, 0.5) is 0 Å². The van der Waals surface area contributed by atoms with Crippen LogP contribution in [0.2, 0.25) is 0 Å². The Morgan fingerprint density at radius 1 is 1.25 bits per heavy atom. The minimum Gasteiger partial charge on any atom is -0.396 e. The maximum absolute atomic E-state index is 8.88. The fraction of sp³-hybridized carbons (Fsp3) is 1.00. The van der Waals surface area contributed by atoms with Crippen LogP contribution in [-0.4, -0.2) is 24.8 Å². The third-order valence-corrected chi connectivity index (χ3v) is 3.37. The molecular formula is C9H18ClNO. The third-order valence-electron chi connectivity index (χ3n) is 3.37. The van der Waals surface area contributed by atoms with E-state index in [1.165, 1.54) is 38.8 Å². The Balaban J connectivity index is 0.000000720. The second kappa shape index (κ2) is 3.95. The molecule has 0 atom stereocenters. The number of nitrogens with one attached hydrogen (secondary N) is 1. The Morgan fingerprint density at radius 3 is 2.33 bits per heavy atom. The van der Waals surface area contributed by atoms with Crippen molar-refractivity contribution in [3.63, 3.8) is 0 Å². The third kappa shape index (κ3) is 1.76. The van der Waals surface area contributed by atoms with Crippen LogP contribution < -0.4 is 5.32 Å². The van der Waals surface area contributed by atoms with Crippen LogP contribution in [0.3, 0.4) is 0 Å². The maximum Gasteiger partial charge on any atom is 0.0459 e. The molecule has 0 aromatic rings. The van der Waals surface area contributed by atoms with Crippen LogP contribution in [0.15, 0.2) is 0 Å². The van der Waals surface area contributed by atoms with Gasteiger partial charge in [0.25, 0.3) is 0 Å². The molecule has 72 valence electrons. The zero-order chi connectivity index (χ0) is 7.73. The SMILES string of the molecule is Cl.OCC1CC2(CCNCC2)C1. The van der Waals surface area contributed by atoms with E-state index in [9.17, 15) is 0 Å². The molecule has 2 rings (SSSR count). The van der Waals surface area contributed by atoms with Crippen LogP contribution in [0, 0.1) is 11.3 Å². The summed E-state index contributed by atoms with van der Waals surface area (Å²) in [5, 5.41) is 12.3. The maximum atomic E-state index is 8.88. The van der Waals surface area contributed by atoms with Gasteiger partial charge in [0.05, 0.1) is 0 Å². The van der Waals surface area contributed by atoms with Crippen molar-refractivity contribution in [1.29, 1.82) is 0 Å². The highest BCUT2D eigenvalue weighted by Gasteiger charge is 2.43. The van der Waals surface area contributed by atoms with Crippen LogP contribution in [0.25, 0.3) is 0 Å².